The van der Waals surface area contributed by atoms with Crippen LogP contribution >= 0.6 is 15.9 Å². The lowest BCUT2D eigenvalue weighted by molar-refractivity contribution is 0.963. The van der Waals surface area contributed by atoms with Crippen LogP contribution in [0, 0.1) is 0 Å². The van der Waals surface area contributed by atoms with Crippen LogP contribution in [-0.2, 0) is 0 Å². The first-order chi connectivity index (χ1) is 7.91. The Morgan fingerprint density at radius 2 is 2.33 bits per heavy atom. The van der Waals surface area contributed by atoms with E-state index < -0.39 is 0 Å². The third kappa shape index (κ3) is 1.35. The molecule has 0 saturated carbocycles. The zero-order valence-corrected chi connectivity index (χ0v) is 7.25. The van der Waals surface area contributed by atoms with Crippen LogP contribution in [0.3, 0.4) is 0 Å². The molecule has 0 saturated heterocycles. The summed E-state index contributed by atoms with van der Waals surface area (Å²) in [6.45, 7) is 0. The molecule has 0 aromatic carbocycles. The molecule has 4 nitrogen and oxygen atoms in total. The number of hydrogen-bond acceptors (Lipinski definition) is 3. The van der Waals surface area contributed by atoms with Crippen LogP contribution in [0.2, 0.25) is 0 Å². The van der Waals surface area contributed by atoms with Crippen LogP contribution < -0.4 is 0 Å². The molecule has 2 aromatic heterocycles. The van der Waals surface area contributed by atoms with Gasteiger partial charge in [-0.25, -0.2) is 15.0 Å². The van der Waals surface area contributed by atoms with Crippen molar-refractivity contribution >= 4 is 15.9 Å². The molecule has 2 aromatic rings. The zero-order valence-electron chi connectivity index (χ0n) is 10.7. The van der Waals surface area contributed by atoms with Gasteiger partial charge in [-0.15, -0.1) is 0 Å². The van der Waals surface area contributed by atoms with Crippen molar-refractivity contribution in [2.75, 3.05) is 0 Å². The number of hydrogen-bond donors (Lipinski definition) is 0. The maximum Gasteiger partial charge on any atom is 0.156 e. The predicted octanol–water partition coefficient (Wildman–Crippen LogP) is 1.42. The fraction of sp³-hybridized carbons (Fsp3) is 0. The largest absolute Gasteiger partial charge is 0.289 e. The Labute approximate surface area is 84.5 Å². The number of nitrogens with zero attached hydrogens (tertiary/aromatic N) is 4. The molecule has 5 heteroatoms. The number of imidazole rings is 1. The molecule has 12 heavy (non-hydrogen) atoms. The normalized spacial score (nSPS) is 15.9. The molecular weight excluding hydrogens is 220 g/mol. The van der Waals surface area contributed by atoms with Crippen LogP contribution in [0.1, 0.15) is 6.85 Å². The van der Waals surface area contributed by atoms with Gasteiger partial charge in [0.15, 0.2) is 5.82 Å². The first-order valence-corrected chi connectivity index (χ1v) is 3.74. The van der Waals surface area contributed by atoms with Gasteiger partial charge >= 0.3 is 0 Å². The van der Waals surface area contributed by atoms with E-state index in [2.05, 4.69) is 30.9 Å². The smallest absolute Gasteiger partial charge is 0.156 e. The fourth-order valence-corrected chi connectivity index (χ4v) is 0.801. The van der Waals surface area contributed by atoms with Crippen molar-refractivity contribution in [1.29, 1.82) is 0 Å². The molecule has 0 unspecified atom stereocenters. The van der Waals surface area contributed by atoms with Crippen LogP contribution in [-0.4, -0.2) is 19.5 Å². The van der Waals surface area contributed by atoms with E-state index >= 15 is 0 Å². The Bertz CT molecular complexity index is 598. The second-order valence-corrected chi connectivity index (χ2v) is 2.58. The highest BCUT2D eigenvalue weighted by atomic mass is 79.9. The molecule has 0 N–H and O–H groups in total. The van der Waals surface area contributed by atoms with Crippen molar-refractivity contribution < 1.29 is 6.85 Å². The number of rotatable bonds is 1. The van der Waals surface area contributed by atoms with E-state index in [9.17, 15) is 0 Å². The minimum Gasteiger partial charge on any atom is -0.289 e. The van der Waals surface area contributed by atoms with Gasteiger partial charge in [-0.1, -0.05) is 0 Å². The lowest BCUT2D eigenvalue weighted by Crippen LogP contribution is -1.94. The lowest BCUT2D eigenvalue weighted by Gasteiger charge is -1.98. The van der Waals surface area contributed by atoms with Gasteiger partial charge in [0.05, 0.1) is 17.8 Å². The van der Waals surface area contributed by atoms with Crippen molar-refractivity contribution in [1.82, 2.24) is 19.5 Å². The molecule has 60 valence electrons. The average Bonchev–Trinajstić information content (AvgIpc) is 2.48. The van der Waals surface area contributed by atoms with E-state index in [1.54, 1.807) is 0 Å². The van der Waals surface area contributed by atoms with E-state index in [1.165, 1.54) is 0 Å². The number of aromatic nitrogens is 4. The minimum absolute atomic E-state index is 0.107. The van der Waals surface area contributed by atoms with E-state index in [0.717, 1.165) is 4.57 Å². The Balaban J connectivity index is 2.72. The minimum atomic E-state index is -0.385. The van der Waals surface area contributed by atoms with Gasteiger partial charge in [-0.05, 0) is 15.9 Å². The van der Waals surface area contributed by atoms with E-state index in [1.807, 2.05) is 0 Å². The summed E-state index contributed by atoms with van der Waals surface area (Å²) in [5.41, 5.74) is 0. The Morgan fingerprint density at radius 3 is 3.08 bits per heavy atom. The van der Waals surface area contributed by atoms with Gasteiger partial charge in [0.25, 0.3) is 0 Å². The second-order valence-electron chi connectivity index (χ2n) is 1.83. The van der Waals surface area contributed by atoms with Gasteiger partial charge in [0.1, 0.15) is 12.3 Å². The first kappa shape index (κ1) is 3.66. The van der Waals surface area contributed by atoms with Gasteiger partial charge in [-0.2, -0.15) is 0 Å². The third-order valence-electron chi connectivity index (χ3n) is 1.09. The van der Waals surface area contributed by atoms with Gasteiger partial charge in [-0.3, -0.25) is 4.57 Å². The molecule has 0 bridgehead atoms. The van der Waals surface area contributed by atoms with Crippen molar-refractivity contribution in [2.45, 2.75) is 0 Å². The van der Waals surface area contributed by atoms with Gasteiger partial charge in [0.2, 0.25) is 0 Å². The summed E-state index contributed by atoms with van der Waals surface area (Å²) in [4.78, 5) is 10.9. The maximum absolute atomic E-state index is 7.58. The van der Waals surface area contributed by atoms with Crippen molar-refractivity contribution in [3.8, 4) is 5.82 Å². The molecular formula is C7H5BrN4. The number of halogens is 1. The van der Waals surface area contributed by atoms with Gasteiger partial charge in [0, 0.05) is 12.3 Å². The summed E-state index contributed by atoms with van der Waals surface area (Å²) in [7, 11) is 0. The lowest BCUT2D eigenvalue weighted by atomic mass is 10.6. The summed E-state index contributed by atoms with van der Waals surface area (Å²) < 4.78 is 38.3. The zero-order chi connectivity index (χ0) is 12.7. The molecule has 2 heterocycles. The summed E-state index contributed by atoms with van der Waals surface area (Å²) >= 11 is 2.96. The first-order valence-electron chi connectivity index (χ1n) is 5.45. The van der Waals surface area contributed by atoms with E-state index in [4.69, 9.17) is 6.85 Å². The molecule has 0 amide bonds. The molecule has 0 fully saturated rings. The maximum atomic E-state index is 7.58. The second kappa shape index (κ2) is 3.02. The van der Waals surface area contributed by atoms with Crippen LogP contribution in [0.15, 0.2) is 35.6 Å². The molecule has 2 rings (SSSR count). The van der Waals surface area contributed by atoms with Crippen LogP contribution in [0.25, 0.3) is 5.82 Å². The summed E-state index contributed by atoms with van der Waals surface area (Å²) in [5.74, 6) is -0.154. The molecule has 0 aliphatic heterocycles. The van der Waals surface area contributed by atoms with Crippen molar-refractivity contribution in [3.05, 3.63) is 35.6 Å². The molecule has 0 aliphatic carbocycles. The summed E-state index contributed by atoms with van der Waals surface area (Å²) in [6, 6.07) is 0. The Morgan fingerprint density at radius 1 is 1.42 bits per heavy atom. The SMILES string of the molecule is [2H]c1nc(-n2c([2H])nc([2H])c2[2H])c([2H])nc1Br. The molecule has 0 radical (unpaired) electrons. The highest BCUT2D eigenvalue weighted by Crippen LogP contribution is 2.05. The highest BCUT2D eigenvalue weighted by molar-refractivity contribution is 9.10. The Hall–Kier alpha value is -1.23. The van der Waals surface area contributed by atoms with E-state index in [0.29, 0.717) is 0 Å². The predicted molar refractivity (Wildman–Crippen MR) is 46.9 cm³/mol. The molecule has 0 atom stereocenters. The average molecular weight is 230 g/mol. The highest BCUT2D eigenvalue weighted by Gasteiger charge is 1.95. The van der Waals surface area contributed by atoms with Crippen LogP contribution in [0.4, 0.5) is 0 Å². The van der Waals surface area contributed by atoms with Gasteiger partial charge < -0.3 is 0 Å². The molecule has 0 spiro atoms. The van der Waals surface area contributed by atoms with Crippen molar-refractivity contribution in [2.24, 2.45) is 0 Å². The van der Waals surface area contributed by atoms with E-state index in [-0.39, 0.29) is 41.4 Å². The Kier molecular flexibility index (Phi) is 0.920. The summed E-state index contributed by atoms with van der Waals surface area (Å²) in [5, 5.41) is 0. The third-order valence-corrected chi connectivity index (χ3v) is 1.44. The fourth-order valence-electron chi connectivity index (χ4n) is 0.623. The molecule has 0 aliphatic rings. The van der Waals surface area contributed by atoms with Crippen LogP contribution in [0.5, 0.6) is 0 Å². The van der Waals surface area contributed by atoms with Crippen molar-refractivity contribution in [3.63, 3.8) is 0 Å². The standard InChI is InChI=1S/C7H5BrN4/c8-6-3-11-7(4-10-6)12-2-1-9-5-12/h1-5H/i1D,2D,3D,4D,5D. The monoisotopic (exact) mass is 229 g/mol. The quantitative estimate of drug-likeness (QED) is 0.744. The summed E-state index contributed by atoms with van der Waals surface area (Å²) in [6.07, 6.45) is -1.64. The topological polar surface area (TPSA) is 43.6 Å².